The van der Waals surface area contributed by atoms with E-state index in [9.17, 15) is 8.42 Å². The highest BCUT2D eigenvalue weighted by Gasteiger charge is 2.22. The molecule has 1 aromatic carbocycles. The van der Waals surface area contributed by atoms with Crippen LogP contribution in [0.2, 0.25) is 0 Å². The molecular formula is C10H12BrNO3S. The maximum absolute atomic E-state index is 11.1. The predicted molar refractivity (Wildman–Crippen MR) is 63.7 cm³/mol. The topological polar surface area (TPSA) is 69.4 Å². The Morgan fingerprint density at radius 3 is 2.62 bits per heavy atom. The van der Waals surface area contributed by atoms with E-state index in [2.05, 4.69) is 15.9 Å². The van der Waals surface area contributed by atoms with Gasteiger partial charge in [0.2, 0.25) is 10.0 Å². The highest BCUT2D eigenvalue weighted by molar-refractivity contribution is 9.10. The first-order valence-corrected chi connectivity index (χ1v) is 7.26. The Balaban J connectivity index is 2.15. The zero-order chi connectivity index (χ0) is 11.8. The van der Waals surface area contributed by atoms with Gasteiger partial charge >= 0.3 is 0 Å². The maximum Gasteiger partial charge on any atom is 0.238 e. The van der Waals surface area contributed by atoms with E-state index in [4.69, 9.17) is 9.88 Å². The Kier molecular flexibility index (Phi) is 3.23. The van der Waals surface area contributed by atoms with Gasteiger partial charge in [0.25, 0.3) is 0 Å². The molecule has 1 saturated carbocycles. The monoisotopic (exact) mass is 305 g/mol. The van der Waals surface area contributed by atoms with Crippen LogP contribution in [0, 0.1) is 5.92 Å². The number of halogens is 1. The molecule has 0 heterocycles. The molecule has 0 saturated heterocycles. The minimum absolute atomic E-state index is 0.0816. The molecule has 0 amide bonds. The first-order valence-electron chi connectivity index (χ1n) is 4.92. The van der Waals surface area contributed by atoms with Gasteiger partial charge in [-0.1, -0.05) is 0 Å². The molecule has 0 aromatic heterocycles. The van der Waals surface area contributed by atoms with Gasteiger partial charge in [0.15, 0.2) is 0 Å². The highest BCUT2D eigenvalue weighted by Crippen LogP contribution is 2.32. The quantitative estimate of drug-likeness (QED) is 0.923. The fourth-order valence-corrected chi connectivity index (χ4v) is 2.45. The average Bonchev–Trinajstić information content (AvgIpc) is 2.98. The first-order chi connectivity index (χ1) is 7.47. The highest BCUT2D eigenvalue weighted by atomic mass is 79.9. The molecule has 0 unspecified atom stereocenters. The minimum atomic E-state index is -3.65. The summed E-state index contributed by atoms with van der Waals surface area (Å²) < 4.78 is 28.3. The molecule has 2 rings (SSSR count). The summed E-state index contributed by atoms with van der Waals surface area (Å²) in [7, 11) is -3.65. The van der Waals surface area contributed by atoms with Crippen LogP contribution in [0.3, 0.4) is 0 Å². The van der Waals surface area contributed by atoms with Gasteiger partial charge in [0.05, 0.1) is 16.0 Å². The summed E-state index contributed by atoms with van der Waals surface area (Å²) in [5, 5.41) is 5.02. The lowest BCUT2D eigenvalue weighted by Crippen LogP contribution is -2.12. The Hall–Kier alpha value is -0.590. The van der Waals surface area contributed by atoms with Gasteiger partial charge in [-0.05, 0) is 52.9 Å². The van der Waals surface area contributed by atoms with Crippen LogP contribution in [0.5, 0.6) is 5.75 Å². The Morgan fingerprint density at radius 2 is 2.12 bits per heavy atom. The Morgan fingerprint density at radius 1 is 1.44 bits per heavy atom. The van der Waals surface area contributed by atoms with Crippen molar-refractivity contribution in [1.29, 1.82) is 0 Å². The predicted octanol–water partition coefficient (Wildman–Crippen LogP) is 1.89. The molecule has 16 heavy (non-hydrogen) atoms. The number of nitrogens with two attached hydrogens (primary N) is 1. The Labute approximate surface area is 103 Å². The van der Waals surface area contributed by atoms with Gasteiger partial charge < -0.3 is 4.74 Å². The average molecular weight is 306 g/mol. The second kappa shape index (κ2) is 4.35. The summed E-state index contributed by atoms with van der Waals surface area (Å²) in [5.41, 5.74) is 0. The van der Waals surface area contributed by atoms with Crippen LogP contribution < -0.4 is 9.88 Å². The molecule has 0 bridgehead atoms. The molecule has 1 aliphatic rings. The molecule has 0 aliphatic heterocycles. The van der Waals surface area contributed by atoms with Crippen molar-refractivity contribution in [3.63, 3.8) is 0 Å². The third-order valence-electron chi connectivity index (χ3n) is 2.40. The lowest BCUT2D eigenvalue weighted by atomic mass is 10.3. The molecule has 2 N–H and O–H groups in total. The zero-order valence-electron chi connectivity index (χ0n) is 8.52. The van der Waals surface area contributed by atoms with Gasteiger partial charge in [-0.25, -0.2) is 13.6 Å². The van der Waals surface area contributed by atoms with Crippen molar-refractivity contribution in [3.05, 3.63) is 22.7 Å². The SMILES string of the molecule is NS(=O)(=O)c1ccc(OCC2CC2)c(Br)c1. The lowest BCUT2D eigenvalue weighted by molar-refractivity contribution is 0.298. The third-order valence-corrected chi connectivity index (χ3v) is 3.93. The molecule has 1 aliphatic carbocycles. The summed E-state index contributed by atoms with van der Waals surface area (Å²) >= 11 is 3.27. The van der Waals surface area contributed by atoms with E-state index in [1.807, 2.05) is 0 Å². The number of benzene rings is 1. The zero-order valence-corrected chi connectivity index (χ0v) is 10.9. The van der Waals surface area contributed by atoms with E-state index < -0.39 is 10.0 Å². The van der Waals surface area contributed by atoms with Crippen molar-refractivity contribution in [3.8, 4) is 5.75 Å². The van der Waals surface area contributed by atoms with E-state index in [0.717, 1.165) is 0 Å². The standard InChI is InChI=1S/C10H12BrNO3S/c11-9-5-8(16(12,13)14)3-4-10(9)15-6-7-1-2-7/h3-5,7H,1-2,6H2,(H2,12,13,14). The number of hydrogen-bond donors (Lipinski definition) is 1. The van der Waals surface area contributed by atoms with Gasteiger partial charge in [-0.2, -0.15) is 0 Å². The summed E-state index contributed by atoms with van der Waals surface area (Å²) in [4.78, 5) is 0.0816. The van der Waals surface area contributed by atoms with E-state index in [0.29, 0.717) is 22.7 Å². The molecule has 0 atom stereocenters. The van der Waals surface area contributed by atoms with Gasteiger partial charge in [0.1, 0.15) is 5.75 Å². The number of hydrogen-bond acceptors (Lipinski definition) is 3. The summed E-state index contributed by atoms with van der Waals surface area (Å²) in [6.45, 7) is 0.688. The second-order valence-corrected chi connectivity index (χ2v) is 6.31. The second-order valence-electron chi connectivity index (χ2n) is 3.89. The van der Waals surface area contributed by atoms with Crippen molar-refractivity contribution < 1.29 is 13.2 Å². The van der Waals surface area contributed by atoms with E-state index in [1.54, 1.807) is 6.07 Å². The third kappa shape index (κ3) is 2.96. The van der Waals surface area contributed by atoms with Crippen LogP contribution in [0.4, 0.5) is 0 Å². The molecule has 0 spiro atoms. The fraction of sp³-hybridized carbons (Fsp3) is 0.400. The van der Waals surface area contributed by atoms with Crippen LogP contribution >= 0.6 is 15.9 Å². The smallest absolute Gasteiger partial charge is 0.238 e. The molecule has 1 aromatic rings. The van der Waals surface area contributed by atoms with Crippen molar-refractivity contribution in [1.82, 2.24) is 0 Å². The van der Waals surface area contributed by atoms with Crippen LogP contribution in [-0.4, -0.2) is 15.0 Å². The molecule has 4 nitrogen and oxygen atoms in total. The summed E-state index contributed by atoms with van der Waals surface area (Å²) in [6.07, 6.45) is 2.43. The van der Waals surface area contributed by atoms with Gasteiger partial charge in [-0.3, -0.25) is 0 Å². The van der Waals surface area contributed by atoms with Crippen LogP contribution in [0.25, 0.3) is 0 Å². The Bertz CT molecular complexity index is 497. The van der Waals surface area contributed by atoms with E-state index in [1.165, 1.54) is 25.0 Å². The van der Waals surface area contributed by atoms with Crippen LogP contribution in [-0.2, 0) is 10.0 Å². The number of primary sulfonamides is 1. The normalized spacial score (nSPS) is 16.1. The van der Waals surface area contributed by atoms with Crippen molar-refractivity contribution in [2.45, 2.75) is 17.7 Å². The van der Waals surface area contributed by atoms with E-state index in [-0.39, 0.29) is 4.90 Å². The molecule has 6 heteroatoms. The first kappa shape index (κ1) is 11.9. The van der Waals surface area contributed by atoms with Gasteiger partial charge in [0, 0.05) is 0 Å². The fourth-order valence-electron chi connectivity index (χ4n) is 1.27. The largest absolute Gasteiger partial charge is 0.492 e. The van der Waals surface area contributed by atoms with Crippen molar-refractivity contribution >= 4 is 26.0 Å². The van der Waals surface area contributed by atoms with Gasteiger partial charge in [-0.15, -0.1) is 0 Å². The van der Waals surface area contributed by atoms with Crippen molar-refractivity contribution in [2.24, 2.45) is 11.1 Å². The maximum atomic E-state index is 11.1. The minimum Gasteiger partial charge on any atom is -0.492 e. The van der Waals surface area contributed by atoms with E-state index >= 15 is 0 Å². The van der Waals surface area contributed by atoms with Crippen LogP contribution in [0.1, 0.15) is 12.8 Å². The summed E-state index contributed by atoms with van der Waals surface area (Å²) in [5.74, 6) is 1.31. The van der Waals surface area contributed by atoms with Crippen LogP contribution in [0.15, 0.2) is 27.6 Å². The molecule has 88 valence electrons. The molecule has 0 radical (unpaired) electrons. The summed E-state index contributed by atoms with van der Waals surface area (Å²) in [6, 6.07) is 4.52. The number of ether oxygens (including phenoxy) is 1. The number of rotatable bonds is 4. The molecule has 1 fully saturated rings. The van der Waals surface area contributed by atoms with Crippen molar-refractivity contribution in [2.75, 3.05) is 6.61 Å². The molecular weight excluding hydrogens is 294 g/mol. The lowest BCUT2D eigenvalue weighted by Gasteiger charge is -2.08. The number of sulfonamides is 1.